The molecule has 1 saturated heterocycles. The average Bonchev–Trinajstić information content (AvgIpc) is 2.67. The number of rotatable bonds is 3. The molecule has 1 fully saturated rings. The summed E-state index contributed by atoms with van der Waals surface area (Å²) in [6.45, 7) is 2.59. The van der Waals surface area contributed by atoms with E-state index in [9.17, 15) is 10.1 Å². The van der Waals surface area contributed by atoms with Crippen molar-refractivity contribution in [3.63, 3.8) is 0 Å². The largest absolute Gasteiger partial charge is 0.378 e. The standard InChI is InChI=1S/C19H21N5O/c1-22(2)17-7-5-15(6-8-17)19(25)24-12-10-23(11-13-24)18-16(14-20)4-3-9-21-18/h3-9H,10-13H2,1-2H3. The number of benzene rings is 1. The second kappa shape index (κ2) is 7.22. The summed E-state index contributed by atoms with van der Waals surface area (Å²) in [6.07, 6.45) is 1.69. The summed E-state index contributed by atoms with van der Waals surface area (Å²) in [5, 5.41) is 9.21. The number of carbonyl (C=O) groups excluding carboxylic acids is 1. The third kappa shape index (κ3) is 3.56. The van der Waals surface area contributed by atoms with E-state index in [4.69, 9.17) is 0 Å². The Balaban J connectivity index is 1.66. The van der Waals surface area contributed by atoms with Crippen molar-refractivity contribution < 1.29 is 4.79 Å². The number of pyridine rings is 1. The van der Waals surface area contributed by atoms with Gasteiger partial charge in [-0.2, -0.15) is 5.26 Å². The van der Waals surface area contributed by atoms with E-state index in [0.717, 1.165) is 5.69 Å². The maximum atomic E-state index is 12.7. The molecule has 1 aromatic carbocycles. The number of nitrogens with zero attached hydrogens (tertiary/aromatic N) is 5. The minimum Gasteiger partial charge on any atom is -0.378 e. The summed E-state index contributed by atoms with van der Waals surface area (Å²) >= 11 is 0. The van der Waals surface area contributed by atoms with E-state index in [0.29, 0.717) is 43.1 Å². The van der Waals surface area contributed by atoms with E-state index in [1.54, 1.807) is 18.3 Å². The van der Waals surface area contributed by atoms with Gasteiger partial charge >= 0.3 is 0 Å². The van der Waals surface area contributed by atoms with Crippen LogP contribution in [0.2, 0.25) is 0 Å². The molecule has 6 heteroatoms. The van der Waals surface area contributed by atoms with Crippen LogP contribution in [0.15, 0.2) is 42.6 Å². The Kier molecular flexibility index (Phi) is 4.85. The zero-order valence-corrected chi connectivity index (χ0v) is 14.5. The summed E-state index contributed by atoms with van der Waals surface area (Å²) in [5.74, 6) is 0.749. The molecule has 0 atom stereocenters. The Morgan fingerprint density at radius 1 is 1.12 bits per heavy atom. The molecule has 0 N–H and O–H groups in total. The fourth-order valence-electron chi connectivity index (χ4n) is 2.94. The molecule has 128 valence electrons. The predicted octanol–water partition coefficient (Wildman–Crippen LogP) is 1.98. The van der Waals surface area contributed by atoms with Crippen molar-refractivity contribution in [2.75, 3.05) is 50.1 Å². The number of piperazine rings is 1. The molecule has 2 heterocycles. The third-order valence-corrected chi connectivity index (χ3v) is 4.40. The van der Waals surface area contributed by atoms with Crippen LogP contribution in [0, 0.1) is 11.3 Å². The van der Waals surface area contributed by atoms with Crippen LogP contribution in [0.1, 0.15) is 15.9 Å². The fourth-order valence-corrected chi connectivity index (χ4v) is 2.94. The Labute approximate surface area is 147 Å². The van der Waals surface area contributed by atoms with Crippen LogP contribution in [-0.2, 0) is 0 Å². The molecule has 1 aliphatic rings. The first kappa shape index (κ1) is 16.8. The highest BCUT2D eigenvalue weighted by Gasteiger charge is 2.24. The van der Waals surface area contributed by atoms with Crippen LogP contribution < -0.4 is 9.80 Å². The van der Waals surface area contributed by atoms with Gasteiger partial charge in [-0.05, 0) is 36.4 Å². The lowest BCUT2D eigenvalue weighted by Crippen LogP contribution is -2.49. The minimum absolute atomic E-state index is 0.0477. The molecule has 0 aliphatic carbocycles. The normalized spacial score (nSPS) is 14.1. The summed E-state index contributed by atoms with van der Waals surface area (Å²) in [6, 6.07) is 13.4. The predicted molar refractivity (Wildman–Crippen MR) is 97.8 cm³/mol. The number of hydrogen-bond acceptors (Lipinski definition) is 5. The number of nitriles is 1. The van der Waals surface area contributed by atoms with E-state index in [2.05, 4.69) is 16.0 Å². The van der Waals surface area contributed by atoms with Gasteiger partial charge in [0.2, 0.25) is 0 Å². The van der Waals surface area contributed by atoms with Gasteiger partial charge in [-0.15, -0.1) is 0 Å². The summed E-state index contributed by atoms with van der Waals surface area (Å²) in [5.41, 5.74) is 2.34. The molecule has 6 nitrogen and oxygen atoms in total. The van der Waals surface area contributed by atoms with Crippen LogP contribution >= 0.6 is 0 Å². The Morgan fingerprint density at radius 2 is 1.80 bits per heavy atom. The van der Waals surface area contributed by atoms with Gasteiger partial charge in [0.1, 0.15) is 11.9 Å². The first-order valence-electron chi connectivity index (χ1n) is 8.27. The molecule has 25 heavy (non-hydrogen) atoms. The molecule has 0 radical (unpaired) electrons. The lowest BCUT2D eigenvalue weighted by Gasteiger charge is -2.35. The van der Waals surface area contributed by atoms with Crippen LogP contribution in [-0.4, -0.2) is 56.1 Å². The summed E-state index contributed by atoms with van der Waals surface area (Å²) < 4.78 is 0. The smallest absolute Gasteiger partial charge is 0.253 e. The third-order valence-electron chi connectivity index (χ3n) is 4.40. The second-order valence-corrected chi connectivity index (χ2v) is 6.21. The average molecular weight is 335 g/mol. The lowest BCUT2D eigenvalue weighted by atomic mass is 10.1. The number of amides is 1. The van der Waals surface area contributed by atoms with Gasteiger partial charge < -0.3 is 14.7 Å². The van der Waals surface area contributed by atoms with E-state index in [-0.39, 0.29) is 5.91 Å². The highest BCUT2D eigenvalue weighted by molar-refractivity contribution is 5.94. The maximum absolute atomic E-state index is 12.7. The zero-order valence-electron chi connectivity index (χ0n) is 14.5. The Morgan fingerprint density at radius 3 is 2.40 bits per heavy atom. The van der Waals surface area contributed by atoms with Crippen LogP contribution in [0.5, 0.6) is 0 Å². The minimum atomic E-state index is 0.0477. The van der Waals surface area contributed by atoms with Gasteiger partial charge in [-0.25, -0.2) is 4.98 Å². The zero-order chi connectivity index (χ0) is 17.8. The molecule has 3 rings (SSSR count). The van der Waals surface area contributed by atoms with Gasteiger partial charge in [-0.1, -0.05) is 0 Å². The first-order chi connectivity index (χ1) is 12.1. The van der Waals surface area contributed by atoms with E-state index < -0.39 is 0 Å². The van der Waals surface area contributed by atoms with Gasteiger partial charge in [0.25, 0.3) is 5.91 Å². The molecule has 0 unspecified atom stereocenters. The maximum Gasteiger partial charge on any atom is 0.253 e. The summed E-state index contributed by atoms with van der Waals surface area (Å²) in [4.78, 5) is 22.9. The van der Waals surface area contributed by atoms with E-state index in [1.807, 2.05) is 48.2 Å². The molecule has 0 spiro atoms. The Bertz CT molecular complexity index is 786. The number of anilines is 2. The van der Waals surface area contributed by atoms with Crippen molar-refractivity contribution in [2.45, 2.75) is 0 Å². The van der Waals surface area contributed by atoms with Crippen molar-refractivity contribution in [1.82, 2.24) is 9.88 Å². The van der Waals surface area contributed by atoms with Crippen LogP contribution in [0.25, 0.3) is 0 Å². The Hall–Kier alpha value is -3.07. The molecule has 1 amide bonds. The van der Waals surface area contributed by atoms with Crippen molar-refractivity contribution in [1.29, 1.82) is 5.26 Å². The SMILES string of the molecule is CN(C)c1ccc(C(=O)N2CCN(c3ncccc3C#N)CC2)cc1. The number of carbonyl (C=O) groups is 1. The van der Waals surface area contributed by atoms with Crippen LogP contribution in [0.4, 0.5) is 11.5 Å². The molecule has 0 saturated carbocycles. The van der Waals surface area contributed by atoms with Crippen LogP contribution in [0.3, 0.4) is 0 Å². The van der Waals surface area contributed by atoms with E-state index >= 15 is 0 Å². The molecular formula is C19H21N5O. The molecular weight excluding hydrogens is 314 g/mol. The number of hydrogen-bond donors (Lipinski definition) is 0. The van der Waals surface area contributed by atoms with Gasteiger partial charge in [0, 0.05) is 57.7 Å². The topological polar surface area (TPSA) is 63.5 Å². The van der Waals surface area contributed by atoms with Gasteiger partial charge in [-0.3, -0.25) is 4.79 Å². The van der Waals surface area contributed by atoms with E-state index in [1.165, 1.54) is 0 Å². The van der Waals surface area contributed by atoms with Gasteiger partial charge in [0.05, 0.1) is 5.56 Å². The van der Waals surface area contributed by atoms with Gasteiger partial charge in [0.15, 0.2) is 0 Å². The first-order valence-corrected chi connectivity index (χ1v) is 8.27. The van der Waals surface area contributed by atoms with Crippen molar-refractivity contribution in [3.8, 4) is 6.07 Å². The molecule has 1 aliphatic heterocycles. The summed E-state index contributed by atoms with van der Waals surface area (Å²) in [7, 11) is 3.95. The number of aromatic nitrogens is 1. The highest BCUT2D eigenvalue weighted by atomic mass is 16.2. The molecule has 2 aromatic rings. The molecule has 1 aromatic heterocycles. The second-order valence-electron chi connectivity index (χ2n) is 6.21. The monoisotopic (exact) mass is 335 g/mol. The molecule has 0 bridgehead atoms. The van der Waals surface area contributed by atoms with Crippen molar-refractivity contribution >= 4 is 17.4 Å². The van der Waals surface area contributed by atoms with Crippen molar-refractivity contribution in [3.05, 3.63) is 53.7 Å². The highest BCUT2D eigenvalue weighted by Crippen LogP contribution is 2.19. The van der Waals surface area contributed by atoms with Crippen molar-refractivity contribution in [2.24, 2.45) is 0 Å². The quantitative estimate of drug-likeness (QED) is 0.858. The lowest BCUT2D eigenvalue weighted by molar-refractivity contribution is 0.0746. The fraction of sp³-hybridized carbons (Fsp3) is 0.316.